The van der Waals surface area contributed by atoms with Gasteiger partial charge in [0.1, 0.15) is 12.4 Å². The van der Waals surface area contributed by atoms with Gasteiger partial charge in [-0.05, 0) is 42.3 Å². The summed E-state index contributed by atoms with van der Waals surface area (Å²) in [5, 5.41) is 4.16. The van der Waals surface area contributed by atoms with Gasteiger partial charge in [-0.2, -0.15) is 0 Å². The normalized spacial score (nSPS) is 11.0. The molecule has 1 N–H and O–H groups in total. The van der Waals surface area contributed by atoms with E-state index >= 15 is 0 Å². The molecule has 0 fully saturated rings. The van der Waals surface area contributed by atoms with Crippen LogP contribution in [0.3, 0.4) is 0 Å². The minimum Gasteiger partial charge on any atom is -0.354 e. The number of imidazole rings is 1. The van der Waals surface area contributed by atoms with Crippen molar-refractivity contribution in [2.24, 2.45) is 0 Å². The van der Waals surface area contributed by atoms with E-state index in [2.05, 4.69) is 10.3 Å². The van der Waals surface area contributed by atoms with Crippen LogP contribution in [-0.2, 0) is 24.2 Å². The van der Waals surface area contributed by atoms with Gasteiger partial charge >= 0.3 is 0 Å². The summed E-state index contributed by atoms with van der Waals surface area (Å²) in [5.41, 5.74) is 2.90. The molecular formula is C19H19Cl2N3O. The first-order valence-corrected chi connectivity index (χ1v) is 8.98. The summed E-state index contributed by atoms with van der Waals surface area (Å²) in [7, 11) is 0. The number of amides is 1. The zero-order valence-corrected chi connectivity index (χ0v) is 15.4. The summed E-state index contributed by atoms with van der Waals surface area (Å²) in [6.07, 6.45) is 1.46. The van der Waals surface area contributed by atoms with Crippen LogP contribution in [0.4, 0.5) is 0 Å². The first-order valence-electron chi connectivity index (χ1n) is 8.22. The first kappa shape index (κ1) is 17.8. The largest absolute Gasteiger partial charge is 0.354 e. The lowest BCUT2D eigenvalue weighted by Gasteiger charge is -2.09. The third-order valence-electron chi connectivity index (χ3n) is 4.01. The molecule has 1 heterocycles. The number of rotatable bonds is 6. The lowest BCUT2D eigenvalue weighted by Crippen LogP contribution is -2.29. The number of benzene rings is 2. The minimum absolute atomic E-state index is 0.0361. The quantitative estimate of drug-likeness (QED) is 0.699. The molecule has 0 saturated carbocycles. The van der Waals surface area contributed by atoms with E-state index in [4.69, 9.17) is 23.2 Å². The average molecular weight is 376 g/mol. The number of aromatic nitrogens is 2. The number of aryl methyl sites for hydroxylation is 1. The number of hydrogen-bond donors (Lipinski definition) is 1. The molecule has 130 valence electrons. The second-order valence-electron chi connectivity index (χ2n) is 5.83. The first-order chi connectivity index (χ1) is 12.1. The molecular weight excluding hydrogens is 357 g/mol. The number of carbonyl (C=O) groups is 1. The van der Waals surface area contributed by atoms with E-state index in [0.29, 0.717) is 23.0 Å². The molecule has 0 aliphatic rings. The molecule has 4 nitrogen and oxygen atoms in total. The fourth-order valence-electron chi connectivity index (χ4n) is 2.87. The zero-order chi connectivity index (χ0) is 17.8. The Hall–Kier alpha value is -2.04. The molecule has 0 aliphatic carbocycles. The predicted molar refractivity (Wildman–Crippen MR) is 102 cm³/mol. The van der Waals surface area contributed by atoms with E-state index in [1.165, 1.54) is 0 Å². The van der Waals surface area contributed by atoms with E-state index < -0.39 is 0 Å². The Morgan fingerprint density at radius 2 is 1.88 bits per heavy atom. The maximum absolute atomic E-state index is 12.3. The molecule has 0 spiro atoms. The van der Waals surface area contributed by atoms with Crippen molar-refractivity contribution in [3.05, 3.63) is 63.9 Å². The van der Waals surface area contributed by atoms with Gasteiger partial charge in [-0.3, -0.25) is 4.79 Å². The molecule has 6 heteroatoms. The van der Waals surface area contributed by atoms with Crippen molar-refractivity contribution in [1.29, 1.82) is 0 Å². The Bertz CT molecular complexity index is 885. The van der Waals surface area contributed by atoms with E-state index in [1.54, 1.807) is 6.07 Å². The number of halogens is 2. The lowest BCUT2D eigenvalue weighted by atomic mass is 10.1. The molecule has 0 aliphatic heterocycles. The van der Waals surface area contributed by atoms with Crippen molar-refractivity contribution in [3.8, 4) is 0 Å². The van der Waals surface area contributed by atoms with Gasteiger partial charge in [-0.15, -0.1) is 0 Å². The summed E-state index contributed by atoms with van der Waals surface area (Å²) in [6, 6.07) is 13.3. The smallest absolute Gasteiger partial charge is 0.240 e. The highest BCUT2D eigenvalue weighted by atomic mass is 35.5. The van der Waals surface area contributed by atoms with Crippen LogP contribution < -0.4 is 5.32 Å². The Kier molecular flexibility index (Phi) is 5.61. The van der Waals surface area contributed by atoms with Gasteiger partial charge in [0, 0.05) is 23.0 Å². The van der Waals surface area contributed by atoms with Crippen LogP contribution in [0.5, 0.6) is 0 Å². The highest BCUT2D eigenvalue weighted by Crippen LogP contribution is 2.19. The van der Waals surface area contributed by atoms with Crippen molar-refractivity contribution in [2.45, 2.75) is 26.3 Å². The van der Waals surface area contributed by atoms with Gasteiger partial charge in [0.25, 0.3) is 0 Å². The van der Waals surface area contributed by atoms with Crippen molar-refractivity contribution < 1.29 is 4.79 Å². The topological polar surface area (TPSA) is 46.9 Å². The molecule has 25 heavy (non-hydrogen) atoms. The fourth-order valence-corrected chi connectivity index (χ4v) is 3.44. The van der Waals surface area contributed by atoms with Crippen LogP contribution in [0.1, 0.15) is 18.3 Å². The van der Waals surface area contributed by atoms with Gasteiger partial charge < -0.3 is 9.88 Å². The van der Waals surface area contributed by atoms with Crippen LogP contribution in [0.2, 0.25) is 10.0 Å². The van der Waals surface area contributed by atoms with Gasteiger partial charge in [-0.1, -0.05) is 42.3 Å². The number of nitrogens with zero attached hydrogens (tertiary/aromatic N) is 2. The van der Waals surface area contributed by atoms with Gasteiger partial charge in [0.05, 0.1) is 11.0 Å². The fraction of sp³-hybridized carbons (Fsp3) is 0.263. The van der Waals surface area contributed by atoms with Gasteiger partial charge in [0.2, 0.25) is 5.91 Å². The standard InChI is InChI=1S/C19H19Cl2N3O/c1-2-18-23-16-5-3-4-6-17(16)24(18)12-19(25)22-8-7-13-9-14(20)11-15(21)10-13/h3-6,9-11H,2,7-8,12H2,1H3,(H,22,25). The Balaban J connectivity index is 1.63. The highest BCUT2D eigenvalue weighted by Gasteiger charge is 2.12. The lowest BCUT2D eigenvalue weighted by molar-refractivity contribution is -0.121. The third kappa shape index (κ3) is 4.33. The van der Waals surface area contributed by atoms with Crippen LogP contribution in [-0.4, -0.2) is 22.0 Å². The minimum atomic E-state index is -0.0361. The maximum Gasteiger partial charge on any atom is 0.240 e. The summed E-state index contributed by atoms with van der Waals surface area (Å²) in [6.45, 7) is 2.84. The molecule has 1 amide bonds. The second kappa shape index (κ2) is 7.89. The summed E-state index contributed by atoms with van der Waals surface area (Å²) < 4.78 is 1.97. The summed E-state index contributed by atoms with van der Waals surface area (Å²) in [5.74, 6) is 0.879. The van der Waals surface area contributed by atoms with Gasteiger partial charge in [0.15, 0.2) is 0 Å². The molecule has 2 aromatic carbocycles. The average Bonchev–Trinajstić information content (AvgIpc) is 2.92. The van der Waals surface area contributed by atoms with E-state index in [1.807, 2.05) is 47.9 Å². The van der Waals surface area contributed by atoms with Gasteiger partial charge in [-0.25, -0.2) is 4.98 Å². The number of carbonyl (C=O) groups excluding carboxylic acids is 1. The number of fused-ring (bicyclic) bond motifs is 1. The highest BCUT2D eigenvalue weighted by molar-refractivity contribution is 6.34. The predicted octanol–water partition coefficient (Wildman–Crippen LogP) is 4.26. The molecule has 0 atom stereocenters. The Morgan fingerprint density at radius 1 is 1.16 bits per heavy atom. The van der Waals surface area contributed by atoms with Crippen LogP contribution in [0.25, 0.3) is 11.0 Å². The Morgan fingerprint density at radius 3 is 2.60 bits per heavy atom. The summed E-state index contributed by atoms with van der Waals surface area (Å²) >= 11 is 12.0. The number of nitrogens with one attached hydrogen (secondary N) is 1. The zero-order valence-electron chi connectivity index (χ0n) is 13.9. The van der Waals surface area contributed by atoms with E-state index in [0.717, 1.165) is 28.8 Å². The molecule has 0 radical (unpaired) electrons. The monoisotopic (exact) mass is 375 g/mol. The number of para-hydroxylation sites is 2. The van der Waals surface area contributed by atoms with Crippen molar-refractivity contribution in [2.75, 3.05) is 6.54 Å². The van der Waals surface area contributed by atoms with Crippen molar-refractivity contribution >= 4 is 40.1 Å². The van der Waals surface area contributed by atoms with Crippen molar-refractivity contribution in [1.82, 2.24) is 14.9 Å². The molecule has 0 bridgehead atoms. The summed E-state index contributed by atoms with van der Waals surface area (Å²) in [4.78, 5) is 16.9. The van der Waals surface area contributed by atoms with Crippen LogP contribution in [0.15, 0.2) is 42.5 Å². The molecule has 3 aromatic rings. The van der Waals surface area contributed by atoms with Crippen molar-refractivity contribution in [3.63, 3.8) is 0 Å². The molecule has 3 rings (SSSR count). The maximum atomic E-state index is 12.3. The Labute approximate surface area is 156 Å². The SMILES string of the molecule is CCc1nc2ccccc2n1CC(=O)NCCc1cc(Cl)cc(Cl)c1. The number of hydrogen-bond acceptors (Lipinski definition) is 2. The molecule has 0 unspecified atom stereocenters. The van der Waals surface area contributed by atoms with Crippen LogP contribution >= 0.6 is 23.2 Å². The van der Waals surface area contributed by atoms with E-state index in [-0.39, 0.29) is 12.5 Å². The van der Waals surface area contributed by atoms with E-state index in [9.17, 15) is 4.79 Å². The molecule has 1 aromatic heterocycles. The van der Waals surface area contributed by atoms with Crippen LogP contribution in [0, 0.1) is 0 Å². The molecule has 0 saturated heterocycles. The second-order valence-corrected chi connectivity index (χ2v) is 6.71. The third-order valence-corrected chi connectivity index (χ3v) is 4.45.